The third-order valence-corrected chi connectivity index (χ3v) is 5.01. The van der Waals surface area contributed by atoms with E-state index in [4.69, 9.17) is 11.1 Å². The summed E-state index contributed by atoms with van der Waals surface area (Å²) in [7, 11) is 1.50. The fourth-order valence-corrected chi connectivity index (χ4v) is 3.16. The summed E-state index contributed by atoms with van der Waals surface area (Å²) >= 11 is 0. The zero-order valence-electron chi connectivity index (χ0n) is 18.3. The molecule has 0 aromatic carbocycles. The molecule has 2 atom stereocenters. The van der Waals surface area contributed by atoms with Gasteiger partial charge >= 0.3 is 0 Å². The normalized spacial score (nSPS) is 19.7. The molecule has 1 saturated carbocycles. The van der Waals surface area contributed by atoms with Crippen LogP contribution in [0.4, 0.5) is 5.82 Å². The SMILES string of the molecule is CC1CCCCC1N=C(N)/C=C(/Nc1cccc(C(C)(C)C#N)n1)C(=N)C=O.CN. The number of aldehydes is 1. The van der Waals surface area contributed by atoms with Gasteiger partial charge in [-0.25, -0.2) is 4.98 Å². The molecule has 1 aliphatic rings. The highest BCUT2D eigenvalue weighted by atomic mass is 16.1. The van der Waals surface area contributed by atoms with Crippen molar-refractivity contribution in [2.24, 2.45) is 22.4 Å². The number of aliphatic imine (C=N–C) groups is 1. The number of nitrogens with zero attached hydrogens (tertiary/aromatic N) is 3. The second kappa shape index (κ2) is 11.8. The van der Waals surface area contributed by atoms with Crippen LogP contribution in [-0.2, 0) is 10.2 Å². The van der Waals surface area contributed by atoms with Gasteiger partial charge in [0.25, 0.3) is 0 Å². The summed E-state index contributed by atoms with van der Waals surface area (Å²) in [6.45, 7) is 5.72. The molecule has 1 fully saturated rings. The average molecular weight is 412 g/mol. The number of hydrogen-bond donors (Lipinski definition) is 4. The minimum absolute atomic E-state index is 0.162. The number of allylic oxidation sites excluding steroid dienone is 1. The minimum Gasteiger partial charge on any atom is -0.384 e. The largest absolute Gasteiger partial charge is 0.384 e. The summed E-state index contributed by atoms with van der Waals surface area (Å²) in [6, 6.07) is 7.62. The van der Waals surface area contributed by atoms with Gasteiger partial charge in [0, 0.05) is 6.08 Å². The molecule has 162 valence electrons. The lowest BCUT2D eigenvalue weighted by Gasteiger charge is -2.25. The molecule has 8 heteroatoms. The average Bonchev–Trinajstić information content (AvgIpc) is 2.76. The fraction of sp³-hybridized carbons (Fsp3) is 0.500. The van der Waals surface area contributed by atoms with Gasteiger partial charge in [-0.2, -0.15) is 5.26 Å². The van der Waals surface area contributed by atoms with Crippen molar-refractivity contribution in [2.45, 2.75) is 57.9 Å². The van der Waals surface area contributed by atoms with E-state index in [1.165, 1.54) is 19.5 Å². The number of pyridine rings is 1. The van der Waals surface area contributed by atoms with Crippen LogP contribution in [0.15, 0.2) is 35.0 Å². The smallest absolute Gasteiger partial charge is 0.169 e. The highest BCUT2D eigenvalue weighted by Crippen LogP contribution is 2.26. The first-order valence-corrected chi connectivity index (χ1v) is 10.1. The van der Waals surface area contributed by atoms with Crippen molar-refractivity contribution in [3.63, 3.8) is 0 Å². The van der Waals surface area contributed by atoms with E-state index in [9.17, 15) is 10.1 Å². The molecule has 1 heterocycles. The predicted octanol–water partition coefficient (Wildman–Crippen LogP) is 2.91. The lowest BCUT2D eigenvalue weighted by molar-refractivity contribution is -0.102. The van der Waals surface area contributed by atoms with Crippen LogP contribution in [0, 0.1) is 22.7 Å². The predicted molar refractivity (Wildman–Crippen MR) is 122 cm³/mol. The number of amidine groups is 1. The van der Waals surface area contributed by atoms with Gasteiger partial charge in [-0.15, -0.1) is 0 Å². The Balaban J connectivity index is 0.00000218. The molecule has 0 radical (unpaired) electrons. The van der Waals surface area contributed by atoms with Crippen LogP contribution in [0.3, 0.4) is 0 Å². The van der Waals surface area contributed by atoms with Crippen LogP contribution in [0.2, 0.25) is 0 Å². The van der Waals surface area contributed by atoms with Gasteiger partial charge in [0.05, 0.1) is 28.9 Å². The molecule has 0 aliphatic heterocycles. The Labute approximate surface area is 179 Å². The maximum absolute atomic E-state index is 11.2. The van der Waals surface area contributed by atoms with Crippen molar-refractivity contribution in [2.75, 3.05) is 12.4 Å². The van der Waals surface area contributed by atoms with Crippen LogP contribution in [0.1, 0.15) is 52.1 Å². The topological polar surface area (TPSA) is 154 Å². The number of anilines is 1. The quantitative estimate of drug-likeness (QED) is 0.307. The molecule has 2 rings (SSSR count). The molecule has 30 heavy (non-hydrogen) atoms. The number of hydrogen-bond acceptors (Lipinski definition) is 7. The monoisotopic (exact) mass is 411 g/mol. The van der Waals surface area contributed by atoms with Crippen LogP contribution < -0.4 is 16.8 Å². The van der Waals surface area contributed by atoms with Crippen LogP contribution in [-0.4, -0.2) is 35.9 Å². The van der Waals surface area contributed by atoms with Gasteiger partial charge < -0.3 is 16.8 Å². The molecular formula is C22H33N7O. The summed E-state index contributed by atoms with van der Waals surface area (Å²) in [5, 5.41) is 20.2. The van der Waals surface area contributed by atoms with Crippen LogP contribution in [0.5, 0.6) is 0 Å². The molecule has 2 unspecified atom stereocenters. The number of nitrogens with one attached hydrogen (secondary N) is 2. The second-order valence-electron chi connectivity index (χ2n) is 7.74. The highest BCUT2D eigenvalue weighted by molar-refractivity contribution is 6.36. The van der Waals surface area contributed by atoms with E-state index in [0.29, 0.717) is 23.7 Å². The summed E-state index contributed by atoms with van der Waals surface area (Å²) in [5.74, 6) is 1.17. The summed E-state index contributed by atoms with van der Waals surface area (Å²) in [5.41, 5.74) is 10.4. The lowest BCUT2D eigenvalue weighted by Crippen LogP contribution is -2.25. The van der Waals surface area contributed by atoms with E-state index in [1.807, 2.05) is 0 Å². The molecule has 1 aliphatic carbocycles. The van der Waals surface area contributed by atoms with Gasteiger partial charge in [-0.05, 0) is 51.8 Å². The van der Waals surface area contributed by atoms with Crippen molar-refractivity contribution >= 4 is 23.7 Å². The fourth-order valence-electron chi connectivity index (χ4n) is 3.16. The lowest BCUT2D eigenvalue weighted by atomic mass is 9.86. The minimum atomic E-state index is -0.753. The number of nitrogens with two attached hydrogens (primary N) is 2. The third-order valence-electron chi connectivity index (χ3n) is 5.01. The van der Waals surface area contributed by atoms with Gasteiger partial charge in [0.15, 0.2) is 6.29 Å². The van der Waals surface area contributed by atoms with Crippen LogP contribution >= 0.6 is 0 Å². The van der Waals surface area contributed by atoms with E-state index in [1.54, 1.807) is 32.0 Å². The van der Waals surface area contributed by atoms with E-state index in [2.05, 4.69) is 34.0 Å². The van der Waals surface area contributed by atoms with E-state index >= 15 is 0 Å². The van der Waals surface area contributed by atoms with Gasteiger partial charge in [-0.1, -0.05) is 25.8 Å². The summed E-state index contributed by atoms with van der Waals surface area (Å²) in [6.07, 6.45) is 6.42. The maximum atomic E-state index is 11.2. The maximum Gasteiger partial charge on any atom is 0.169 e. The molecule has 0 spiro atoms. The Kier molecular flexibility index (Phi) is 9.85. The molecule has 0 bridgehead atoms. The number of nitriles is 1. The Morgan fingerprint density at radius 1 is 1.37 bits per heavy atom. The molecule has 0 saturated heterocycles. The van der Waals surface area contributed by atoms with Gasteiger partial charge in [0.2, 0.25) is 0 Å². The Hall–Kier alpha value is -3.05. The van der Waals surface area contributed by atoms with Crippen molar-refractivity contribution < 1.29 is 4.79 Å². The second-order valence-corrected chi connectivity index (χ2v) is 7.74. The number of carbonyl (C=O) groups excluding carboxylic acids is 1. The first-order chi connectivity index (χ1) is 14.3. The number of rotatable bonds is 7. The molecular weight excluding hydrogens is 378 g/mol. The molecule has 0 amide bonds. The van der Waals surface area contributed by atoms with Gasteiger partial charge in [0.1, 0.15) is 17.4 Å². The first-order valence-electron chi connectivity index (χ1n) is 10.1. The molecule has 8 nitrogen and oxygen atoms in total. The van der Waals surface area contributed by atoms with Crippen molar-refractivity contribution in [1.82, 2.24) is 4.98 Å². The molecule has 1 aromatic heterocycles. The van der Waals surface area contributed by atoms with Crippen LogP contribution in [0.25, 0.3) is 0 Å². The first kappa shape index (κ1) is 25.0. The van der Waals surface area contributed by atoms with E-state index in [-0.39, 0.29) is 23.3 Å². The Bertz CT molecular complexity index is 836. The number of aromatic nitrogens is 1. The van der Waals surface area contributed by atoms with E-state index in [0.717, 1.165) is 19.3 Å². The standard InChI is InChI=1S/C21H28N6O.CH5N/c1-14-7-4-5-8-16(14)25-19(24)11-17(15(23)12-28)26-20-10-6-9-18(27-20)21(2,3)13-22;1-2/h6,9-12,14,16,23H,4-5,7-8H2,1-3H3,(H2,24,25)(H,26,27);2H2,1H3/b17-11+,23-15?;. The summed E-state index contributed by atoms with van der Waals surface area (Å²) in [4.78, 5) is 20.2. The third kappa shape index (κ3) is 7.08. The Morgan fingerprint density at radius 2 is 2.03 bits per heavy atom. The van der Waals surface area contributed by atoms with Crippen molar-refractivity contribution in [3.8, 4) is 6.07 Å². The van der Waals surface area contributed by atoms with Crippen molar-refractivity contribution in [3.05, 3.63) is 35.7 Å². The molecule has 6 N–H and O–H groups in total. The zero-order valence-corrected chi connectivity index (χ0v) is 18.3. The van der Waals surface area contributed by atoms with Gasteiger partial charge in [-0.3, -0.25) is 15.2 Å². The summed E-state index contributed by atoms with van der Waals surface area (Å²) < 4.78 is 0. The Morgan fingerprint density at radius 3 is 2.63 bits per heavy atom. The molecule has 1 aromatic rings. The highest BCUT2D eigenvalue weighted by Gasteiger charge is 2.22. The number of carbonyl (C=O) groups is 1. The van der Waals surface area contributed by atoms with E-state index < -0.39 is 5.41 Å². The van der Waals surface area contributed by atoms with Crippen molar-refractivity contribution in [1.29, 1.82) is 10.7 Å². The zero-order chi connectivity index (χ0) is 22.7.